The Balaban J connectivity index is 0.000000339. The summed E-state index contributed by atoms with van der Waals surface area (Å²) in [6.07, 6.45) is -3.29. The Morgan fingerprint density at radius 3 is 2.16 bits per heavy atom. The molecule has 7 nitrogen and oxygen atoms in total. The Morgan fingerprint density at radius 2 is 1.68 bits per heavy atom. The molecule has 0 bridgehead atoms. The van der Waals surface area contributed by atoms with Gasteiger partial charge < -0.3 is 10.0 Å². The second-order valence-electron chi connectivity index (χ2n) is 7.91. The third-order valence-electron chi connectivity index (χ3n) is 5.24. The molecule has 2 saturated heterocycles. The summed E-state index contributed by atoms with van der Waals surface area (Å²) >= 11 is 3.36. The van der Waals surface area contributed by atoms with Gasteiger partial charge in [0.15, 0.2) is 0 Å². The van der Waals surface area contributed by atoms with Crippen LogP contribution >= 0.6 is 22.7 Å². The maximum absolute atomic E-state index is 12.5. The normalized spacial score (nSPS) is 21.6. The van der Waals surface area contributed by atoms with Crippen molar-refractivity contribution in [2.75, 3.05) is 19.6 Å². The van der Waals surface area contributed by atoms with E-state index in [2.05, 4.69) is 25.6 Å². The van der Waals surface area contributed by atoms with E-state index in [1.165, 1.54) is 0 Å². The number of aliphatic carboxylic acids is 1. The van der Waals surface area contributed by atoms with Crippen LogP contribution in [0.4, 0.5) is 13.2 Å². The second kappa shape index (κ2) is 9.21. The van der Waals surface area contributed by atoms with Gasteiger partial charge in [0.05, 0.1) is 27.9 Å². The van der Waals surface area contributed by atoms with Crippen molar-refractivity contribution >= 4 is 34.6 Å². The Kier molecular flexibility index (Phi) is 7.01. The standard InChI is InChI=1S/C17H22N4OS2.C2HF3O2/c1-12-18-14(8-23-12)6-20-4-3-17(10-20)5-16(22)21(11-17)7-15-9-24-13(2)19-15;3-2(4,5)1(6)7/h8-9H,3-7,10-11H2,1-2H3;(H,6,7). The molecule has 2 aliphatic heterocycles. The fourth-order valence-corrected chi connectivity index (χ4v) is 5.16. The number of hydrogen-bond acceptors (Lipinski definition) is 7. The van der Waals surface area contributed by atoms with E-state index < -0.39 is 12.1 Å². The molecule has 0 radical (unpaired) electrons. The van der Waals surface area contributed by atoms with Gasteiger partial charge in [0.1, 0.15) is 0 Å². The summed E-state index contributed by atoms with van der Waals surface area (Å²) in [6.45, 7) is 8.57. The third-order valence-corrected chi connectivity index (χ3v) is 6.88. The summed E-state index contributed by atoms with van der Waals surface area (Å²) in [5, 5.41) is 13.5. The summed E-state index contributed by atoms with van der Waals surface area (Å²) in [7, 11) is 0. The number of amides is 1. The van der Waals surface area contributed by atoms with Crippen molar-refractivity contribution in [3.05, 3.63) is 32.2 Å². The van der Waals surface area contributed by atoms with Gasteiger partial charge in [-0.05, 0) is 26.8 Å². The van der Waals surface area contributed by atoms with Gasteiger partial charge in [-0.3, -0.25) is 9.69 Å². The summed E-state index contributed by atoms with van der Waals surface area (Å²) in [6, 6.07) is 0. The van der Waals surface area contributed by atoms with Gasteiger partial charge in [-0.15, -0.1) is 22.7 Å². The number of thiazole rings is 2. The van der Waals surface area contributed by atoms with Crippen LogP contribution < -0.4 is 0 Å². The van der Waals surface area contributed by atoms with E-state index in [4.69, 9.17) is 9.90 Å². The number of halogens is 3. The minimum atomic E-state index is -5.08. The number of hydrogen-bond donors (Lipinski definition) is 1. The summed E-state index contributed by atoms with van der Waals surface area (Å²) in [4.78, 5) is 34.9. The molecule has 2 fully saturated rings. The lowest BCUT2D eigenvalue weighted by molar-refractivity contribution is -0.192. The molecule has 2 aliphatic rings. The number of nitrogens with zero attached hydrogens (tertiary/aromatic N) is 4. The molecule has 170 valence electrons. The van der Waals surface area contributed by atoms with Gasteiger partial charge in [-0.25, -0.2) is 14.8 Å². The van der Waals surface area contributed by atoms with Crippen LogP contribution in [0.15, 0.2) is 10.8 Å². The SMILES string of the molecule is Cc1nc(CN2CCC3(CC(=O)N(Cc4csc(C)n4)C3)C2)cs1.O=C(O)C(F)(F)F. The first-order chi connectivity index (χ1) is 14.5. The van der Waals surface area contributed by atoms with Gasteiger partial charge in [0.25, 0.3) is 0 Å². The third kappa shape index (κ3) is 6.23. The molecule has 0 saturated carbocycles. The number of carboxylic acids is 1. The molecule has 1 unspecified atom stereocenters. The predicted octanol–water partition coefficient (Wildman–Crippen LogP) is 3.47. The highest BCUT2D eigenvalue weighted by molar-refractivity contribution is 7.09. The van der Waals surface area contributed by atoms with E-state index in [0.717, 1.165) is 54.0 Å². The largest absolute Gasteiger partial charge is 0.490 e. The zero-order valence-electron chi connectivity index (χ0n) is 17.1. The van der Waals surface area contributed by atoms with Crippen molar-refractivity contribution in [2.24, 2.45) is 5.41 Å². The van der Waals surface area contributed by atoms with Gasteiger partial charge >= 0.3 is 12.1 Å². The van der Waals surface area contributed by atoms with Crippen molar-refractivity contribution in [1.82, 2.24) is 19.8 Å². The maximum Gasteiger partial charge on any atom is 0.490 e. The van der Waals surface area contributed by atoms with Crippen LogP contribution in [0.25, 0.3) is 0 Å². The second-order valence-corrected chi connectivity index (χ2v) is 10.0. The zero-order valence-corrected chi connectivity index (χ0v) is 18.7. The first-order valence-electron chi connectivity index (χ1n) is 9.58. The first-order valence-corrected chi connectivity index (χ1v) is 11.3. The van der Waals surface area contributed by atoms with E-state index in [9.17, 15) is 18.0 Å². The van der Waals surface area contributed by atoms with Crippen molar-refractivity contribution in [2.45, 2.75) is 46.0 Å². The number of rotatable bonds is 4. The number of carbonyl (C=O) groups is 2. The Labute approximate surface area is 185 Å². The molecule has 4 rings (SSSR count). The Morgan fingerprint density at radius 1 is 1.13 bits per heavy atom. The van der Waals surface area contributed by atoms with Crippen molar-refractivity contribution in [1.29, 1.82) is 0 Å². The zero-order chi connectivity index (χ0) is 22.8. The summed E-state index contributed by atoms with van der Waals surface area (Å²) in [5.41, 5.74) is 2.32. The van der Waals surface area contributed by atoms with Crippen LogP contribution in [0.1, 0.15) is 34.2 Å². The molecule has 2 aromatic rings. The number of aromatic nitrogens is 2. The Bertz CT molecular complexity index is 946. The highest BCUT2D eigenvalue weighted by Gasteiger charge is 2.47. The van der Waals surface area contributed by atoms with Gasteiger partial charge in [0.2, 0.25) is 5.91 Å². The molecule has 0 aromatic carbocycles. The molecule has 1 atom stereocenters. The fourth-order valence-electron chi connectivity index (χ4n) is 3.95. The van der Waals surface area contributed by atoms with Crippen LogP contribution in [-0.2, 0) is 22.7 Å². The van der Waals surface area contributed by atoms with E-state index in [0.29, 0.717) is 13.0 Å². The topological polar surface area (TPSA) is 86.6 Å². The minimum absolute atomic E-state index is 0.132. The molecule has 2 aromatic heterocycles. The van der Waals surface area contributed by atoms with Crippen LogP contribution in [0.2, 0.25) is 0 Å². The molecule has 1 amide bonds. The van der Waals surface area contributed by atoms with E-state index >= 15 is 0 Å². The first kappa shape index (κ1) is 23.6. The fraction of sp³-hybridized carbons (Fsp3) is 0.579. The monoisotopic (exact) mass is 476 g/mol. The predicted molar refractivity (Wildman–Crippen MR) is 110 cm³/mol. The van der Waals surface area contributed by atoms with Gasteiger partial charge in [0, 0.05) is 42.2 Å². The number of aryl methyl sites for hydroxylation is 2. The van der Waals surface area contributed by atoms with E-state index in [1.54, 1.807) is 22.7 Å². The molecular formula is C19H23F3N4O3S2. The highest BCUT2D eigenvalue weighted by Crippen LogP contribution is 2.41. The molecule has 1 spiro atoms. The lowest BCUT2D eigenvalue weighted by atomic mass is 9.86. The van der Waals surface area contributed by atoms with Gasteiger partial charge in [-0.2, -0.15) is 13.2 Å². The highest BCUT2D eigenvalue weighted by atomic mass is 32.1. The number of alkyl halides is 3. The number of likely N-dealkylation sites (tertiary alicyclic amines) is 2. The number of carbonyl (C=O) groups excluding carboxylic acids is 1. The van der Waals surface area contributed by atoms with Crippen LogP contribution in [-0.4, -0.2) is 62.6 Å². The lowest BCUT2D eigenvalue weighted by Gasteiger charge is -2.23. The van der Waals surface area contributed by atoms with Crippen molar-refractivity contribution < 1.29 is 27.9 Å². The van der Waals surface area contributed by atoms with E-state index in [1.807, 2.05) is 18.7 Å². The van der Waals surface area contributed by atoms with Crippen LogP contribution in [0.5, 0.6) is 0 Å². The summed E-state index contributed by atoms with van der Waals surface area (Å²) < 4.78 is 31.7. The molecular weight excluding hydrogens is 453 g/mol. The molecule has 4 heterocycles. The maximum atomic E-state index is 12.5. The number of carboxylic acid groups (broad SMARTS) is 1. The lowest BCUT2D eigenvalue weighted by Crippen LogP contribution is -2.31. The van der Waals surface area contributed by atoms with Crippen LogP contribution in [0, 0.1) is 19.3 Å². The quantitative estimate of drug-likeness (QED) is 0.727. The molecule has 12 heteroatoms. The Hall–Kier alpha value is -2.05. The average molecular weight is 477 g/mol. The molecule has 1 N–H and O–H groups in total. The van der Waals surface area contributed by atoms with Crippen molar-refractivity contribution in [3.63, 3.8) is 0 Å². The summed E-state index contributed by atoms with van der Waals surface area (Å²) in [5.74, 6) is -2.47. The minimum Gasteiger partial charge on any atom is -0.475 e. The van der Waals surface area contributed by atoms with Gasteiger partial charge in [-0.1, -0.05) is 0 Å². The smallest absolute Gasteiger partial charge is 0.475 e. The molecule has 31 heavy (non-hydrogen) atoms. The van der Waals surface area contributed by atoms with Crippen molar-refractivity contribution in [3.8, 4) is 0 Å². The molecule has 0 aliphatic carbocycles. The van der Waals surface area contributed by atoms with Crippen LogP contribution in [0.3, 0.4) is 0 Å². The van der Waals surface area contributed by atoms with E-state index in [-0.39, 0.29) is 11.3 Å². The average Bonchev–Trinajstić information content (AvgIpc) is 3.41.